The molecule has 1 fully saturated rings. The first-order valence-electron chi connectivity index (χ1n) is 9.04. The van der Waals surface area contributed by atoms with Crippen LogP contribution >= 0.6 is 0 Å². The normalized spacial score (nSPS) is 14.8. The Morgan fingerprint density at radius 1 is 1.27 bits per heavy atom. The monoisotopic (exact) mass is 354 g/mol. The number of benzene rings is 1. The number of nitrogens with one attached hydrogen (secondary N) is 1. The average molecular weight is 354 g/mol. The van der Waals surface area contributed by atoms with E-state index in [9.17, 15) is 4.79 Å². The number of carbonyl (C=O) groups excluding carboxylic acids is 1. The third-order valence-electron chi connectivity index (χ3n) is 4.65. The zero-order valence-corrected chi connectivity index (χ0v) is 15.6. The van der Waals surface area contributed by atoms with Crippen molar-refractivity contribution in [1.29, 1.82) is 0 Å². The van der Waals surface area contributed by atoms with Crippen LogP contribution in [0.4, 0.5) is 0 Å². The zero-order chi connectivity index (χ0) is 18.6. The van der Waals surface area contributed by atoms with Gasteiger partial charge in [-0.1, -0.05) is 19.9 Å². The number of rotatable bonds is 8. The molecule has 26 heavy (non-hydrogen) atoms. The Morgan fingerprint density at radius 2 is 2.08 bits per heavy atom. The minimum absolute atomic E-state index is 0.0255. The van der Waals surface area contributed by atoms with Crippen molar-refractivity contribution in [2.45, 2.75) is 32.1 Å². The largest absolute Gasteiger partial charge is 0.497 e. The molecule has 1 saturated carbocycles. The molecule has 3 rings (SSSR count). The van der Waals surface area contributed by atoms with Crippen molar-refractivity contribution in [3.8, 4) is 11.5 Å². The number of pyridine rings is 1. The fraction of sp³-hybridized carbons (Fsp3) is 0.429. The maximum Gasteiger partial charge on any atom is 0.255 e. The van der Waals surface area contributed by atoms with Crippen molar-refractivity contribution in [3.63, 3.8) is 0 Å². The van der Waals surface area contributed by atoms with Crippen LogP contribution < -0.4 is 14.8 Å². The van der Waals surface area contributed by atoms with Gasteiger partial charge in [0.15, 0.2) is 0 Å². The molecule has 1 aromatic heterocycles. The summed E-state index contributed by atoms with van der Waals surface area (Å²) in [5.74, 6) is 1.47. The first-order valence-corrected chi connectivity index (χ1v) is 9.04. The fourth-order valence-electron chi connectivity index (χ4n) is 2.89. The van der Waals surface area contributed by atoms with Gasteiger partial charge in [0, 0.05) is 29.9 Å². The summed E-state index contributed by atoms with van der Waals surface area (Å²) in [5.41, 5.74) is 1.55. The molecule has 0 saturated heterocycles. The van der Waals surface area contributed by atoms with Crippen molar-refractivity contribution >= 4 is 5.91 Å². The number of ether oxygens (including phenoxy) is 2. The predicted molar refractivity (Wildman–Crippen MR) is 101 cm³/mol. The number of carbonyl (C=O) groups is 1. The Kier molecular flexibility index (Phi) is 5.45. The molecular weight excluding hydrogens is 328 g/mol. The molecule has 1 amide bonds. The van der Waals surface area contributed by atoms with Gasteiger partial charge >= 0.3 is 0 Å². The van der Waals surface area contributed by atoms with Gasteiger partial charge < -0.3 is 14.8 Å². The van der Waals surface area contributed by atoms with E-state index in [4.69, 9.17) is 9.47 Å². The van der Waals surface area contributed by atoms with Crippen molar-refractivity contribution < 1.29 is 14.3 Å². The van der Waals surface area contributed by atoms with Gasteiger partial charge in [-0.05, 0) is 43.0 Å². The van der Waals surface area contributed by atoms with Crippen LogP contribution in [0, 0.1) is 5.92 Å². The van der Waals surface area contributed by atoms with Crippen molar-refractivity contribution in [1.82, 2.24) is 10.3 Å². The van der Waals surface area contributed by atoms with E-state index in [-0.39, 0.29) is 11.3 Å². The summed E-state index contributed by atoms with van der Waals surface area (Å²) in [6.07, 6.45) is 3.89. The van der Waals surface area contributed by atoms with E-state index >= 15 is 0 Å². The molecule has 0 radical (unpaired) electrons. The van der Waals surface area contributed by atoms with Crippen LogP contribution in [0.25, 0.3) is 0 Å². The van der Waals surface area contributed by atoms with Gasteiger partial charge in [-0.2, -0.15) is 0 Å². The molecule has 1 aliphatic carbocycles. The molecule has 138 valence electrons. The van der Waals surface area contributed by atoms with Crippen LogP contribution in [0.1, 0.15) is 42.7 Å². The number of methoxy groups -OCH3 is 1. The van der Waals surface area contributed by atoms with Gasteiger partial charge in [0.1, 0.15) is 11.5 Å². The minimum atomic E-state index is -0.131. The molecule has 5 nitrogen and oxygen atoms in total. The Bertz CT molecular complexity index is 755. The smallest absolute Gasteiger partial charge is 0.255 e. The molecule has 5 heteroatoms. The van der Waals surface area contributed by atoms with Gasteiger partial charge in [0.2, 0.25) is 0 Å². The molecule has 0 spiro atoms. The van der Waals surface area contributed by atoms with Crippen LogP contribution in [-0.2, 0) is 5.41 Å². The molecule has 0 unspecified atom stereocenters. The Morgan fingerprint density at radius 3 is 2.69 bits per heavy atom. The molecule has 2 aromatic rings. The lowest BCUT2D eigenvalue weighted by molar-refractivity contribution is 0.0944. The summed E-state index contributed by atoms with van der Waals surface area (Å²) < 4.78 is 11.1. The second-order valence-electron chi connectivity index (χ2n) is 7.24. The van der Waals surface area contributed by atoms with E-state index in [1.807, 2.05) is 18.2 Å². The number of hydrogen-bond donors (Lipinski definition) is 1. The minimum Gasteiger partial charge on any atom is -0.497 e. The topological polar surface area (TPSA) is 60.5 Å². The Hall–Kier alpha value is -2.56. The maximum atomic E-state index is 12.8. The van der Waals surface area contributed by atoms with Crippen molar-refractivity contribution in [2.75, 3.05) is 20.3 Å². The maximum absolute atomic E-state index is 12.8. The van der Waals surface area contributed by atoms with E-state index < -0.39 is 0 Å². The highest BCUT2D eigenvalue weighted by atomic mass is 16.5. The highest BCUT2D eigenvalue weighted by Crippen LogP contribution is 2.46. The van der Waals surface area contributed by atoms with Gasteiger partial charge in [-0.15, -0.1) is 0 Å². The van der Waals surface area contributed by atoms with E-state index in [1.165, 1.54) is 0 Å². The van der Waals surface area contributed by atoms with Crippen LogP contribution in [0.15, 0.2) is 42.6 Å². The molecule has 1 aromatic carbocycles. The molecule has 1 aliphatic rings. The van der Waals surface area contributed by atoms with Crippen molar-refractivity contribution in [3.05, 3.63) is 53.9 Å². The van der Waals surface area contributed by atoms with Crippen LogP contribution in [0.5, 0.6) is 11.5 Å². The summed E-state index contributed by atoms with van der Waals surface area (Å²) in [7, 11) is 1.60. The number of aromatic nitrogens is 1. The van der Waals surface area contributed by atoms with E-state index in [1.54, 1.807) is 31.5 Å². The van der Waals surface area contributed by atoms with Crippen LogP contribution in [-0.4, -0.2) is 31.2 Å². The number of amides is 1. The summed E-state index contributed by atoms with van der Waals surface area (Å²) >= 11 is 0. The summed E-state index contributed by atoms with van der Waals surface area (Å²) in [5, 5.41) is 3.07. The average Bonchev–Trinajstić information content (AvgIpc) is 3.46. The zero-order valence-electron chi connectivity index (χ0n) is 15.6. The van der Waals surface area contributed by atoms with Crippen LogP contribution in [0.3, 0.4) is 0 Å². The van der Waals surface area contributed by atoms with Gasteiger partial charge in [0.25, 0.3) is 5.91 Å². The highest BCUT2D eigenvalue weighted by Gasteiger charge is 2.45. The fourth-order valence-corrected chi connectivity index (χ4v) is 2.89. The molecule has 0 bridgehead atoms. The molecule has 0 aliphatic heterocycles. The molecule has 1 N–H and O–H groups in total. The van der Waals surface area contributed by atoms with Crippen LogP contribution in [0.2, 0.25) is 0 Å². The van der Waals surface area contributed by atoms with Crippen molar-refractivity contribution in [2.24, 2.45) is 5.92 Å². The number of hydrogen-bond acceptors (Lipinski definition) is 4. The Labute approximate surface area is 154 Å². The van der Waals surface area contributed by atoms with Gasteiger partial charge in [0.05, 0.1) is 19.3 Å². The van der Waals surface area contributed by atoms with E-state index in [0.717, 1.165) is 18.5 Å². The SMILES string of the molecule is COc1ccc(C(=O)NCC2(c3ccccn3)CC2)c(OCC(C)C)c1. The standard InChI is InChI=1S/C21H26N2O3/c1-15(2)13-26-18-12-16(25-3)7-8-17(18)20(24)23-14-21(9-10-21)19-6-4-5-11-22-19/h4-8,11-12,15H,9-10,13-14H2,1-3H3,(H,23,24). The first-order chi connectivity index (χ1) is 12.5. The third-order valence-corrected chi connectivity index (χ3v) is 4.65. The summed E-state index contributed by atoms with van der Waals surface area (Å²) in [4.78, 5) is 17.2. The lowest BCUT2D eigenvalue weighted by Crippen LogP contribution is -2.33. The second-order valence-corrected chi connectivity index (χ2v) is 7.24. The Balaban J connectivity index is 1.71. The number of nitrogens with zero attached hydrogens (tertiary/aromatic N) is 1. The van der Waals surface area contributed by atoms with Gasteiger partial charge in [-0.25, -0.2) is 0 Å². The highest BCUT2D eigenvalue weighted by molar-refractivity contribution is 5.97. The second kappa shape index (κ2) is 7.77. The quantitative estimate of drug-likeness (QED) is 0.787. The lowest BCUT2D eigenvalue weighted by atomic mass is 10.0. The van der Waals surface area contributed by atoms with E-state index in [2.05, 4.69) is 24.1 Å². The predicted octanol–water partition coefficient (Wildman–Crippen LogP) is 3.59. The third kappa shape index (κ3) is 4.15. The summed E-state index contributed by atoms with van der Waals surface area (Å²) in [6.45, 7) is 5.27. The van der Waals surface area contributed by atoms with E-state index in [0.29, 0.717) is 36.1 Å². The molecule has 0 atom stereocenters. The lowest BCUT2D eigenvalue weighted by Gasteiger charge is -2.17. The first kappa shape index (κ1) is 18.2. The molecular formula is C21H26N2O3. The molecule has 1 heterocycles. The van der Waals surface area contributed by atoms with Gasteiger partial charge in [-0.3, -0.25) is 9.78 Å². The summed E-state index contributed by atoms with van der Waals surface area (Å²) in [6, 6.07) is 11.2.